The fraction of sp³-hybridized carbons (Fsp3) is 0.333. The molecule has 0 unspecified atom stereocenters. The normalized spacial score (nSPS) is 11.8. The summed E-state index contributed by atoms with van der Waals surface area (Å²) in [6, 6.07) is 0. The van der Waals surface area contributed by atoms with E-state index in [0.717, 1.165) is 0 Å². The van der Waals surface area contributed by atoms with Gasteiger partial charge in [0.1, 0.15) is 0 Å². The van der Waals surface area contributed by atoms with E-state index < -0.39 is 23.4 Å². The van der Waals surface area contributed by atoms with Crippen molar-refractivity contribution < 1.29 is 18.0 Å². The molecule has 0 aliphatic carbocycles. The van der Waals surface area contributed by atoms with E-state index in [-0.39, 0.29) is 9.34 Å². The number of rotatable bonds is 2. The molecule has 0 saturated carbocycles. The smallest absolute Gasteiger partial charge is 0.287 e. The van der Waals surface area contributed by atoms with Crippen LogP contribution in [0.5, 0.6) is 0 Å². The topological polar surface area (TPSA) is 30.0 Å². The second kappa shape index (κ2) is 4.08. The average Bonchev–Trinajstić information content (AvgIpc) is 2.28. The van der Waals surface area contributed by atoms with E-state index in [4.69, 9.17) is 11.6 Å². The van der Waals surface area contributed by atoms with Crippen LogP contribution in [-0.2, 0) is 17.4 Å². The lowest BCUT2D eigenvalue weighted by Gasteiger charge is -2.03. The molecule has 78 valence electrons. The summed E-state index contributed by atoms with van der Waals surface area (Å²) in [6.07, 6.45) is -5.00. The van der Waals surface area contributed by atoms with Gasteiger partial charge in [-0.2, -0.15) is 13.2 Å². The Morgan fingerprint density at radius 1 is 1.57 bits per heavy atom. The third-order valence-corrected chi connectivity index (χ3v) is 2.57. The number of hydrogen-bond acceptors (Lipinski definition) is 3. The van der Waals surface area contributed by atoms with Crippen LogP contribution in [0.2, 0.25) is 4.47 Å². The Hall–Kier alpha value is -0.270. The van der Waals surface area contributed by atoms with Crippen molar-refractivity contribution in [2.75, 3.05) is 0 Å². The van der Waals surface area contributed by atoms with E-state index in [1.54, 1.807) is 0 Å². The van der Waals surface area contributed by atoms with Crippen molar-refractivity contribution in [3.8, 4) is 0 Å². The maximum atomic E-state index is 12.3. The van der Waals surface area contributed by atoms with Gasteiger partial charge >= 0.3 is 6.18 Å². The quantitative estimate of drug-likeness (QED) is 0.830. The van der Waals surface area contributed by atoms with Gasteiger partial charge in [0, 0.05) is 4.88 Å². The predicted octanol–water partition coefficient (Wildman–Crippen LogP) is 2.81. The molecule has 0 N–H and O–H groups in total. The molecule has 1 rings (SSSR count). The number of aromatic nitrogens is 1. The van der Waals surface area contributed by atoms with Crippen LogP contribution in [0.15, 0.2) is 0 Å². The monoisotopic (exact) mass is 261 g/mol. The van der Waals surface area contributed by atoms with Crippen molar-refractivity contribution in [3.05, 3.63) is 15.0 Å². The van der Waals surface area contributed by atoms with E-state index in [0.29, 0.717) is 11.3 Å². The molecule has 8 heteroatoms. The molecule has 0 bridgehead atoms. The van der Waals surface area contributed by atoms with E-state index in [9.17, 15) is 18.0 Å². The van der Waals surface area contributed by atoms with E-state index in [1.807, 2.05) is 0 Å². The van der Waals surface area contributed by atoms with E-state index in [1.165, 1.54) is 0 Å². The Kier molecular flexibility index (Phi) is 3.44. The molecule has 1 aromatic rings. The van der Waals surface area contributed by atoms with Crippen molar-refractivity contribution in [3.63, 3.8) is 0 Å². The number of thiol groups is 1. The summed E-state index contributed by atoms with van der Waals surface area (Å²) in [5, 5.41) is -0.657. The summed E-state index contributed by atoms with van der Waals surface area (Å²) in [5.41, 5.74) is -1.10. The minimum atomic E-state index is -4.58. The summed E-state index contributed by atoms with van der Waals surface area (Å²) < 4.78 is 36.5. The number of nitrogens with zero attached hydrogens (tertiary/aromatic N) is 1. The van der Waals surface area contributed by atoms with Gasteiger partial charge in [0.2, 0.25) is 0 Å². The molecule has 0 radical (unpaired) electrons. The minimum Gasteiger partial charge on any atom is -0.287 e. The highest BCUT2D eigenvalue weighted by Gasteiger charge is 2.37. The Morgan fingerprint density at radius 3 is 2.57 bits per heavy atom. The van der Waals surface area contributed by atoms with Crippen molar-refractivity contribution >= 4 is 40.7 Å². The number of halogens is 4. The van der Waals surface area contributed by atoms with Crippen molar-refractivity contribution in [1.29, 1.82) is 0 Å². The highest BCUT2D eigenvalue weighted by atomic mass is 35.5. The molecule has 14 heavy (non-hydrogen) atoms. The van der Waals surface area contributed by atoms with Gasteiger partial charge in [-0.3, -0.25) is 4.79 Å². The lowest BCUT2D eigenvalue weighted by molar-refractivity contribution is -0.141. The highest BCUT2D eigenvalue weighted by molar-refractivity contribution is 7.96. The zero-order valence-corrected chi connectivity index (χ0v) is 8.90. The first-order valence-electron chi connectivity index (χ1n) is 3.25. The van der Waals surface area contributed by atoms with Crippen molar-refractivity contribution in [2.45, 2.75) is 12.6 Å². The lowest BCUT2D eigenvalue weighted by atomic mass is 10.3. The minimum absolute atomic E-state index is 0.206. The molecular weight excluding hydrogens is 259 g/mol. The molecule has 2 nitrogen and oxygen atoms in total. The number of thiazole rings is 1. The largest absolute Gasteiger partial charge is 0.434 e. The van der Waals surface area contributed by atoms with Crippen LogP contribution in [0, 0.1) is 0 Å². The fourth-order valence-corrected chi connectivity index (χ4v) is 2.23. The molecule has 0 atom stereocenters. The van der Waals surface area contributed by atoms with Crippen LogP contribution in [-0.4, -0.2) is 10.1 Å². The molecule has 0 aliphatic heterocycles. The van der Waals surface area contributed by atoms with Crippen molar-refractivity contribution in [2.24, 2.45) is 0 Å². The first-order valence-corrected chi connectivity index (χ1v) is 4.89. The van der Waals surface area contributed by atoms with Gasteiger partial charge in [-0.05, 0) is 0 Å². The molecule has 0 spiro atoms. The molecule has 0 aromatic carbocycles. The molecular formula is C6H3ClF3NOS2. The Bertz CT molecular complexity index is 362. The molecule has 0 saturated heterocycles. The maximum absolute atomic E-state index is 12.3. The summed E-state index contributed by atoms with van der Waals surface area (Å²) in [5.74, 6) is 0. The number of carbonyl (C=O) groups excluding carboxylic acids is 1. The zero-order chi connectivity index (χ0) is 10.9. The van der Waals surface area contributed by atoms with Crippen LogP contribution in [0.4, 0.5) is 13.2 Å². The van der Waals surface area contributed by atoms with Crippen LogP contribution in [0.25, 0.3) is 0 Å². The Labute approximate surface area is 91.5 Å². The summed E-state index contributed by atoms with van der Waals surface area (Å²) in [7, 11) is 0. The number of alkyl halides is 3. The molecule has 1 heterocycles. The third-order valence-electron chi connectivity index (χ3n) is 1.25. The summed E-state index contributed by atoms with van der Waals surface area (Å²) >= 11 is 9.35. The molecule has 1 aromatic heterocycles. The van der Waals surface area contributed by atoms with Crippen LogP contribution >= 0.6 is 35.6 Å². The predicted molar refractivity (Wildman–Crippen MR) is 49.8 cm³/mol. The summed E-state index contributed by atoms with van der Waals surface area (Å²) in [4.78, 5) is 13.4. The van der Waals surface area contributed by atoms with Gasteiger partial charge in [0.15, 0.2) is 15.3 Å². The van der Waals surface area contributed by atoms with Gasteiger partial charge in [0.25, 0.3) is 0 Å². The second-order valence-corrected chi connectivity index (χ2v) is 4.47. The SMILES string of the molecule is O=C(S)Cc1sc(Cl)nc1C(F)(F)F. The third kappa shape index (κ3) is 2.86. The van der Waals surface area contributed by atoms with Crippen LogP contribution in [0.1, 0.15) is 10.6 Å². The molecule has 0 aliphatic rings. The van der Waals surface area contributed by atoms with Gasteiger partial charge in [-0.25, -0.2) is 4.98 Å². The average molecular weight is 262 g/mol. The Balaban J connectivity index is 3.09. The lowest BCUT2D eigenvalue weighted by Crippen LogP contribution is -2.09. The van der Waals surface area contributed by atoms with Gasteiger partial charge in [0.05, 0.1) is 6.42 Å². The van der Waals surface area contributed by atoms with Crippen LogP contribution in [0.3, 0.4) is 0 Å². The van der Waals surface area contributed by atoms with E-state index >= 15 is 0 Å². The summed E-state index contributed by atoms with van der Waals surface area (Å²) in [6.45, 7) is 0. The van der Waals surface area contributed by atoms with Crippen molar-refractivity contribution in [1.82, 2.24) is 4.98 Å². The number of hydrogen-bond donors (Lipinski definition) is 1. The first kappa shape index (κ1) is 11.8. The molecule has 0 amide bonds. The zero-order valence-electron chi connectivity index (χ0n) is 6.43. The maximum Gasteiger partial charge on any atom is 0.434 e. The van der Waals surface area contributed by atoms with Gasteiger partial charge < -0.3 is 0 Å². The van der Waals surface area contributed by atoms with Gasteiger partial charge in [-0.1, -0.05) is 11.6 Å². The second-order valence-electron chi connectivity index (χ2n) is 2.31. The van der Waals surface area contributed by atoms with Gasteiger partial charge in [-0.15, -0.1) is 24.0 Å². The number of carbonyl (C=O) groups is 1. The fourth-order valence-electron chi connectivity index (χ4n) is 0.802. The van der Waals surface area contributed by atoms with E-state index in [2.05, 4.69) is 17.6 Å². The van der Waals surface area contributed by atoms with Crippen LogP contribution < -0.4 is 0 Å². The Morgan fingerprint density at radius 2 is 2.14 bits per heavy atom. The first-order chi connectivity index (χ1) is 6.30. The molecule has 0 fully saturated rings. The highest BCUT2D eigenvalue weighted by Crippen LogP contribution is 2.36. The standard InChI is InChI=1S/C6H3ClF3NOS2/c7-5-11-4(6(8,9)10)2(14-5)1-3(12)13/h1H2,(H,12,13).